The molecular weight excluding hydrogens is 342 g/mol. The van der Waals surface area contributed by atoms with Gasteiger partial charge in [-0.15, -0.1) is 0 Å². The molecule has 2 aromatic rings. The summed E-state index contributed by atoms with van der Waals surface area (Å²) in [5.41, 5.74) is 1.64. The van der Waals surface area contributed by atoms with Crippen molar-refractivity contribution in [1.29, 1.82) is 0 Å². The largest absolute Gasteiger partial charge is 0.372 e. The minimum atomic E-state index is -0.596. The summed E-state index contributed by atoms with van der Waals surface area (Å²) in [6, 6.07) is 3.56. The molecule has 2 aliphatic heterocycles. The van der Waals surface area contributed by atoms with Crippen LogP contribution in [0.1, 0.15) is 35.0 Å². The zero-order valence-corrected chi connectivity index (χ0v) is 14.3. The SMILES string of the molecule is O=C(c1cn[nH]c1C1CCCO1)N1CCN(c2ccc(F)cc2F)CC1. The maximum Gasteiger partial charge on any atom is 0.257 e. The molecule has 1 amide bonds. The quantitative estimate of drug-likeness (QED) is 0.911. The molecule has 6 nitrogen and oxygen atoms in total. The van der Waals surface area contributed by atoms with Crippen molar-refractivity contribution in [3.63, 3.8) is 0 Å². The predicted octanol–water partition coefficient (Wildman–Crippen LogP) is 2.50. The van der Waals surface area contributed by atoms with Crippen molar-refractivity contribution in [2.24, 2.45) is 0 Å². The number of carbonyl (C=O) groups is 1. The highest BCUT2D eigenvalue weighted by atomic mass is 19.1. The number of benzene rings is 1. The lowest BCUT2D eigenvalue weighted by Crippen LogP contribution is -2.49. The summed E-state index contributed by atoms with van der Waals surface area (Å²) in [4.78, 5) is 16.4. The van der Waals surface area contributed by atoms with Gasteiger partial charge in [0, 0.05) is 38.9 Å². The summed E-state index contributed by atoms with van der Waals surface area (Å²) in [5.74, 6) is -1.27. The third-order valence-electron chi connectivity index (χ3n) is 4.97. The predicted molar refractivity (Wildman–Crippen MR) is 91.0 cm³/mol. The average Bonchev–Trinajstić information content (AvgIpc) is 3.32. The Morgan fingerprint density at radius 3 is 2.73 bits per heavy atom. The highest BCUT2D eigenvalue weighted by Crippen LogP contribution is 2.30. The molecule has 0 radical (unpaired) electrons. The van der Waals surface area contributed by atoms with E-state index in [-0.39, 0.29) is 12.0 Å². The zero-order chi connectivity index (χ0) is 18.1. The van der Waals surface area contributed by atoms with Crippen molar-refractivity contribution < 1.29 is 18.3 Å². The van der Waals surface area contributed by atoms with Gasteiger partial charge in [0.1, 0.15) is 11.6 Å². The van der Waals surface area contributed by atoms with E-state index >= 15 is 0 Å². The standard InChI is InChI=1S/C18H20F2N4O2/c19-12-3-4-15(14(20)10-12)23-5-7-24(8-6-23)18(25)13-11-21-22-17(13)16-2-1-9-26-16/h3-4,10-11,16H,1-2,5-9H2,(H,21,22). The average molecular weight is 362 g/mol. The van der Waals surface area contributed by atoms with Crippen molar-refractivity contribution in [1.82, 2.24) is 15.1 Å². The lowest BCUT2D eigenvalue weighted by Gasteiger charge is -2.36. The van der Waals surface area contributed by atoms with Crippen molar-refractivity contribution in [2.75, 3.05) is 37.7 Å². The molecule has 138 valence electrons. The van der Waals surface area contributed by atoms with Gasteiger partial charge in [-0.05, 0) is 25.0 Å². The summed E-state index contributed by atoms with van der Waals surface area (Å²) < 4.78 is 32.7. The fourth-order valence-electron chi connectivity index (χ4n) is 3.58. The van der Waals surface area contributed by atoms with E-state index in [1.54, 1.807) is 11.1 Å². The summed E-state index contributed by atoms with van der Waals surface area (Å²) >= 11 is 0. The molecule has 1 N–H and O–H groups in total. The van der Waals surface area contributed by atoms with Crippen LogP contribution in [0.25, 0.3) is 0 Å². The summed E-state index contributed by atoms with van der Waals surface area (Å²) in [6.07, 6.45) is 3.29. The Hall–Kier alpha value is -2.48. The van der Waals surface area contributed by atoms with E-state index in [1.807, 2.05) is 4.90 Å². The summed E-state index contributed by atoms with van der Waals surface area (Å²) in [5, 5.41) is 6.91. The first-order chi connectivity index (χ1) is 12.6. The first-order valence-electron chi connectivity index (χ1n) is 8.77. The lowest BCUT2D eigenvalue weighted by atomic mass is 10.1. The second-order valence-electron chi connectivity index (χ2n) is 6.57. The molecule has 2 fully saturated rings. The number of ether oxygens (including phenoxy) is 1. The molecule has 0 bridgehead atoms. The van der Waals surface area contributed by atoms with Gasteiger partial charge in [0.2, 0.25) is 0 Å². The van der Waals surface area contributed by atoms with Gasteiger partial charge < -0.3 is 14.5 Å². The van der Waals surface area contributed by atoms with Crippen LogP contribution in [-0.4, -0.2) is 53.8 Å². The molecular formula is C18H20F2N4O2. The van der Waals surface area contributed by atoms with E-state index in [4.69, 9.17) is 4.74 Å². The van der Waals surface area contributed by atoms with Crippen LogP contribution in [-0.2, 0) is 4.74 Å². The molecule has 1 aromatic carbocycles. The van der Waals surface area contributed by atoms with E-state index in [1.165, 1.54) is 12.1 Å². The van der Waals surface area contributed by atoms with E-state index in [0.717, 1.165) is 24.6 Å². The maximum absolute atomic E-state index is 14.0. The van der Waals surface area contributed by atoms with Gasteiger partial charge in [0.25, 0.3) is 5.91 Å². The number of H-pyrrole nitrogens is 1. The number of aromatic amines is 1. The monoisotopic (exact) mass is 362 g/mol. The van der Waals surface area contributed by atoms with Crippen LogP contribution in [0.5, 0.6) is 0 Å². The third-order valence-corrected chi connectivity index (χ3v) is 4.97. The molecule has 0 saturated carbocycles. The number of hydrogen-bond donors (Lipinski definition) is 1. The Balaban J connectivity index is 1.43. The van der Waals surface area contributed by atoms with Gasteiger partial charge in [0.05, 0.1) is 29.2 Å². The summed E-state index contributed by atoms with van der Waals surface area (Å²) in [7, 11) is 0. The van der Waals surface area contributed by atoms with E-state index in [2.05, 4.69) is 10.2 Å². The second-order valence-corrected chi connectivity index (χ2v) is 6.57. The Morgan fingerprint density at radius 1 is 1.23 bits per heavy atom. The van der Waals surface area contributed by atoms with Crippen LogP contribution in [0.15, 0.2) is 24.4 Å². The Kier molecular flexibility index (Phi) is 4.58. The van der Waals surface area contributed by atoms with Crippen molar-refractivity contribution in [3.05, 3.63) is 47.3 Å². The second kappa shape index (κ2) is 7.03. The number of nitrogens with zero attached hydrogens (tertiary/aromatic N) is 3. The highest BCUT2D eigenvalue weighted by Gasteiger charge is 2.29. The van der Waals surface area contributed by atoms with Crippen LogP contribution in [0, 0.1) is 11.6 Å². The fourth-order valence-corrected chi connectivity index (χ4v) is 3.58. The Bertz CT molecular complexity index is 796. The lowest BCUT2D eigenvalue weighted by molar-refractivity contribution is 0.0730. The number of anilines is 1. The van der Waals surface area contributed by atoms with Crippen molar-refractivity contribution in [3.8, 4) is 0 Å². The molecule has 8 heteroatoms. The third kappa shape index (κ3) is 3.16. The molecule has 1 unspecified atom stereocenters. The number of halogens is 2. The van der Waals surface area contributed by atoms with Crippen LogP contribution in [0.2, 0.25) is 0 Å². The van der Waals surface area contributed by atoms with Crippen molar-refractivity contribution >= 4 is 11.6 Å². The molecule has 26 heavy (non-hydrogen) atoms. The molecule has 0 aliphatic carbocycles. The number of aromatic nitrogens is 2. The number of piperazine rings is 1. The smallest absolute Gasteiger partial charge is 0.257 e. The Morgan fingerprint density at radius 2 is 2.04 bits per heavy atom. The Labute approximate surface area is 149 Å². The number of rotatable bonds is 3. The number of amides is 1. The van der Waals surface area contributed by atoms with Crippen LogP contribution >= 0.6 is 0 Å². The molecule has 2 saturated heterocycles. The van der Waals surface area contributed by atoms with E-state index in [9.17, 15) is 13.6 Å². The first-order valence-corrected chi connectivity index (χ1v) is 8.77. The summed E-state index contributed by atoms with van der Waals surface area (Å²) in [6.45, 7) is 2.60. The van der Waals surface area contributed by atoms with Gasteiger partial charge in [-0.1, -0.05) is 0 Å². The zero-order valence-electron chi connectivity index (χ0n) is 14.3. The van der Waals surface area contributed by atoms with Crippen LogP contribution < -0.4 is 4.90 Å². The minimum Gasteiger partial charge on any atom is -0.372 e. The normalized spacial score (nSPS) is 20.6. The number of hydrogen-bond acceptors (Lipinski definition) is 4. The molecule has 4 rings (SSSR count). The fraction of sp³-hybridized carbons (Fsp3) is 0.444. The first kappa shape index (κ1) is 17.0. The van der Waals surface area contributed by atoms with E-state index in [0.29, 0.717) is 44.0 Å². The molecule has 1 aromatic heterocycles. The van der Waals surface area contributed by atoms with Gasteiger partial charge >= 0.3 is 0 Å². The molecule has 0 spiro atoms. The van der Waals surface area contributed by atoms with Gasteiger partial charge in [-0.2, -0.15) is 5.10 Å². The molecule has 3 heterocycles. The van der Waals surface area contributed by atoms with E-state index < -0.39 is 11.6 Å². The topological polar surface area (TPSA) is 61.5 Å². The highest BCUT2D eigenvalue weighted by molar-refractivity contribution is 5.95. The van der Waals surface area contributed by atoms with Crippen LogP contribution in [0.4, 0.5) is 14.5 Å². The minimum absolute atomic E-state index is 0.0940. The maximum atomic E-state index is 14.0. The molecule has 2 aliphatic rings. The van der Waals surface area contributed by atoms with Gasteiger partial charge in [0.15, 0.2) is 0 Å². The molecule has 1 atom stereocenters. The van der Waals surface area contributed by atoms with Crippen molar-refractivity contribution in [2.45, 2.75) is 18.9 Å². The van der Waals surface area contributed by atoms with Gasteiger partial charge in [-0.25, -0.2) is 8.78 Å². The number of nitrogens with one attached hydrogen (secondary N) is 1. The van der Waals surface area contributed by atoms with Crippen LogP contribution in [0.3, 0.4) is 0 Å². The van der Waals surface area contributed by atoms with Gasteiger partial charge in [-0.3, -0.25) is 9.89 Å². The number of carbonyl (C=O) groups excluding carboxylic acids is 1.